The molecule has 2 heteroatoms. The Balaban J connectivity index is 2.48. The summed E-state index contributed by atoms with van der Waals surface area (Å²) in [6, 6.07) is 6.85. The Morgan fingerprint density at radius 3 is 2.35 bits per heavy atom. The molecule has 0 N–H and O–H groups in total. The van der Waals surface area contributed by atoms with Crippen LogP contribution in [0.15, 0.2) is 33.7 Å². The first-order chi connectivity index (χ1) is 7.80. The molecular weight excluding hydrogens is 226 g/mol. The van der Waals surface area contributed by atoms with Crippen molar-refractivity contribution in [1.29, 1.82) is 0 Å². The highest BCUT2D eigenvalue weighted by atomic mass is 32.2. The van der Waals surface area contributed by atoms with Gasteiger partial charge in [-0.25, -0.2) is 0 Å². The molecule has 17 heavy (non-hydrogen) atoms. The maximum atomic E-state index is 2.33. The van der Waals surface area contributed by atoms with Crippen LogP contribution in [0.1, 0.15) is 40.2 Å². The van der Waals surface area contributed by atoms with Crippen molar-refractivity contribution >= 4 is 17.4 Å². The average molecular weight is 247 g/mol. The molecule has 1 aromatic rings. The van der Waals surface area contributed by atoms with Gasteiger partial charge in [-0.1, -0.05) is 38.6 Å². The van der Waals surface area contributed by atoms with Gasteiger partial charge in [-0.05, 0) is 42.5 Å². The number of fused-ring (bicyclic) bond motifs is 1. The number of rotatable bonds is 0. The first-order valence-electron chi connectivity index (χ1n) is 6.04. The molecule has 2 rings (SSSR count). The van der Waals surface area contributed by atoms with Crippen LogP contribution >= 0.6 is 11.8 Å². The summed E-state index contributed by atoms with van der Waals surface area (Å²) in [6.45, 7) is 11.1. The van der Waals surface area contributed by atoms with Crippen molar-refractivity contribution in [2.45, 2.75) is 44.9 Å². The van der Waals surface area contributed by atoms with Crippen LogP contribution in [0.5, 0.6) is 0 Å². The molecule has 1 heterocycles. The van der Waals surface area contributed by atoms with E-state index in [-0.39, 0.29) is 5.41 Å². The number of hydrogen-bond acceptors (Lipinski definition) is 2. The van der Waals surface area contributed by atoms with E-state index in [9.17, 15) is 0 Å². The first kappa shape index (κ1) is 12.6. The van der Waals surface area contributed by atoms with Crippen molar-refractivity contribution < 1.29 is 0 Å². The Bertz CT molecular complexity index is 476. The third kappa shape index (κ3) is 2.23. The molecule has 0 saturated carbocycles. The van der Waals surface area contributed by atoms with Gasteiger partial charge in [0, 0.05) is 11.9 Å². The summed E-state index contributed by atoms with van der Waals surface area (Å²) < 4.78 is 0. The lowest BCUT2D eigenvalue weighted by Gasteiger charge is -2.21. The molecule has 0 aliphatic carbocycles. The van der Waals surface area contributed by atoms with Crippen LogP contribution < -0.4 is 4.90 Å². The van der Waals surface area contributed by atoms with E-state index in [2.05, 4.69) is 64.8 Å². The zero-order valence-electron chi connectivity index (χ0n) is 11.6. The quantitative estimate of drug-likeness (QED) is 0.649. The van der Waals surface area contributed by atoms with Gasteiger partial charge >= 0.3 is 0 Å². The smallest absolute Gasteiger partial charge is 0.0785 e. The monoisotopic (exact) mass is 247 g/mol. The van der Waals surface area contributed by atoms with Gasteiger partial charge < -0.3 is 4.90 Å². The molecule has 0 aromatic heterocycles. The molecule has 1 aliphatic heterocycles. The average Bonchev–Trinajstić information content (AvgIpc) is 2.54. The van der Waals surface area contributed by atoms with Gasteiger partial charge in [-0.3, -0.25) is 0 Å². The Hall–Kier alpha value is -0.890. The molecule has 1 aromatic carbocycles. The highest BCUT2D eigenvalue weighted by Crippen LogP contribution is 2.47. The standard InChI is InChI=1S/C15H21NS/c1-10(2)14-16(6)12-9-11(15(3,4)5)7-8-13(12)17-14/h7-9H,1-6H3. The largest absolute Gasteiger partial charge is 0.338 e. The SMILES string of the molecule is CC(C)=C1Sc2ccc(C(C)(C)C)cc2N1C. The van der Waals surface area contributed by atoms with Crippen LogP contribution in [-0.2, 0) is 5.41 Å². The van der Waals surface area contributed by atoms with Gasteiger partial charge in [0.05, 0.1) is 10.7 Å². The van der Waals surface area contributed by atoms with Crippen LogP contribution in [-0.4, -0.2) is 7.05 Å². The van der Waals surface area contributed by atoms with Gasteiger partial charge in [0.15, 0.2) is 0 Å². The van der Waals surface area contributed by atoms with Gasteiger partial charge in [0.25, 0.3) is 0 Å². The second-order valence-electron chi connectivity index (χ2n) is 5.90. The highest BCUT2D eigenvalue weighted by Gasteiger charge is 2.25. The van der Waals surface area contributed by atoms with Gasteiger partial charge in [-0.2, -0.15) is 0 Å². The molecule has 0 amide bonds. The second-order valence-corrected chi connectivity index (χ2v) is 6.93. The van der Waals surface area contributed by atoms with Crippen molar-refractivity contribution in [1.82, 2.24) is 0 Å². The number of nitrogens with zero attached hydrogens (tertiary/aromatic N) is 1. The number of benzene rings is 1. The lowest BCUT2D eigenvalue weighted by molar-refractivity contribution is 0.590. The van der Waals surface area contributed by atoms with E-state index >= 15 is 0 Å². The van der Waals surface area contributed by atoms with Crippen molar-refractivity contribution in [2.24, 2.45) is 0 Å². The number of hydrogen-bond donors (Lipinski definition) is 0. The molecule has 1 nitrogen and oxygen atoms in total. The number of anilines is 1. The molecule has 0 radical (unpaired) electrons. The summed E-state index contributed by atoms with van der Waals surface area (Å²) in [7, 11) is 2.16. The predicted molar refractivity (Wildman–Crippen MR) is 77.8 cm³/mol. The Labute approximate surface area is 109 Å². The van der Waals surface area contributed by atoms with Crippen molar-refractivity contribution in [2.75, 3.05) is 11.9 Å². The molecule has 0 bridgehead atoms. The van der Waals surface area contributed by atoms with Crippen LogP contribution in [0.4, 0.5) is 5.69 Å². The van der Waals surface area contributed by atoms with E-state index < -0.39 is 0 Å². The minimum Gasteiger partial charge on any atom is -0.338 e. The van der Waals surface area contributed by atoms with E-state index in [4.69, 9.17) is 0 Å². The molecule has 0 saturated heterocycles. The Morgan fingerprint density at radius 2 is 1.82 bits per heavy atom. The van der Waals surface area contributed by atoms with E-state index in [0.717, 1.165) is 0 Å². The molecule has 92 valence electrons. The normalized spacial score (nSPS) is 15.2. The molecule has 0 fully saturated rings. The summed E-state index contributed by atoms with van der Waals surface area (Å²) in [4.78, 5) is 3.68. The number of thioether (sulfide) groups is 1. The topological polar surface area (TPSA) is 3.24 Å². The zero-order chi connectivity index (χ0) is 12.8. The molecule has 0 unspecified atom stereocenters. The number of allylic oxidation sites excluding steroid dienone is 1. The molecule has 0 spiro atoms. The van der Waals surface area contributed by atoms with Crippen molar-refractivity contribution in [3.8, 4) is 0 Å². The van der Waals surface area contributed by atoms with E-state index in [0.29, 0.717) is 0 Å². The van der Waals surface area contributed by atoms with Crippen LogP contribution in [0.2, 0.25) is 0 Å². The van der Waals surface area contributed by atoms with Crippen molar-refractivity contribution in [3.63, 3.8) is 0 Å². The molecular formula is C15H21NS. The van der Waals surface area contributed by atoms with Gasteiger partial charge in [0.1, 0.15) is 0 Å². The van der Waals surface area contributed by atoms with Gasteiger partial charge in [-0.15, -0.1) is 0 Å². The van der Waals surface area contributed by atoms with Crippen LogP contribution in [0.3, 0.4) is 0 Å². The minimum absolute atomic E-state index is 0.217. The third-order valence-corrected chi connectivity index (χ3v) is 4.57. The van der Waals surface area contributed by atoms with E-state index in [1.807, 2.05) is 11.8 Å². The summed E-state index contributed by atoms with van der Waals surface area (Å²) >= 11 is 1.88. The maximum absolute atomic E-state index is 2.33. The maximum Gasteiger partial charge on any atom is 0.0785 e. The van der Waals surface area contributed by atoms with Crippen LogP contribution in [0.25, 0.3) is 0 Å². The first-order valence-corrected chi connectivity index (χ1v) is 6.86. The summed E-state index contributed by atoms with van der Waals surface area (Å²) in [6.07, 6.45) is 0. The second kappa shape index (κ2) is 4.09. The Kier molecular flexibility index (Phi) is 3.03. The van der Waals surface area contributed by atoms with E-state index in [1.54, 1.807) is 0 Å². The summed E-state index contributed by atoms with van der Waals surface area (Å²) in [5.74, 6) is 0. The van der Waals surface area contributed by atoms with Gasteiger partial charge in [0.2, 0.25) is 0 Å². The lowest BCUT2D eigenvalue weighted by atomic mass is 9.87. The lowest BCUT2D eigenvalue weighted by Crippen LogP contribution is -2.14. The van der Waals surface area contributed by atoms with Crippen molar-refractivity contribution in [3.05, 3.63) is 34.4 Å². The summed E-state index contributed by atoms with van der Waals surface area (Å²) in [5.41, 5.74) is 4.34. The fourth-order valence-corrected chi connectivity index (χ4v) is 3.14. The molecule has 1 aliphatic rings. The van der Waals surface area contributed by atoms with Crippen LogP contribution in [0, 0.1) is 0 Å². The fraction of sp³-hybridized carbons (Fsp3) is 0.467. The predicted octanol–water partition coefficient (Wildman–Crippen LogP) is 4.78. The molecule has 0 atom stereocenters. The summed E-state index contributed by atoms with van der Waals surface area (Å²) in [5, 5.41) is 1.37. The third-order valence-electron chi connectivity index (χ3n) is 3.13. The minimum atomic E-state index is 0.217. The fourth-order valence-electron chi connectivity index (χ4n) is 2.05. The highest BCUT2D eigenvalue weighted by molar-refractivity contribution is 8.03. The van der Waals surface area contributed by atoms with E-state index in [1.165, 1.54) is 26.7 Å². The zero-order valence-corrected chi connectivity index (χ0v) is 12.4. The Morgan fingerprint density at radius 1 is 1.18 bits per heavy atom.